The molecule has 1 saturated heterocycles. The van der Waals surface area contributed by atoms with Gasteiger partial charge in [-0.1, -0.05) is 29.8 Å². The lowest BCUT2D eigenvalue weighted by Gasteiger charge is -2.30. The summed E-state index contributed by atoms with van der Waals surface area (Å²) >= 11 is 6.48. The number of hydrogen-bond acceptors (Lipinski definition) is 7. The van der Waals surface area contributed by atoms with E-state index in [9.17, 15) is 9.59 Å². The summed E-state index contributed by atoms with van der Waals surface area (Å²) in [5, 5.41) is 6.74. The van der Waals surface area contributed by atoms with Gasteiger partial charge in [0.05, 0.1) is 39.2 Å². The largest absolute Gasteiger partial charge is 0.497 e. The molecule has 1 atom stereocenters. The van der Waals surface area contributed by atoms with Crippen LogP contribution in [0.15, 0.2) is 47.6 Å². The summed E-state index contributed by atoms with van der Waals surface area (Å²) < 4.78 is 16.5. The molecule has 37 heavy (non-hydrogen) atoms. The van der Waals surface area contributed by atoms with Crippen LogP contribution in [0.3, 0.4) is 0 Å². The standard InChI is InChI=1S/C27H33ClN4O5/c1-19(33)31(11-10-30-12-14-37-15-13-30)18-27(34)32-25(22-16-20(35-2)8-9-26(22)36-3)17-24(29-32)21-6-4-5-7-23(21)28/h4-9,16,25H,10-15,17-18H2,1-3H3. The van der Waals surface area contributed by atoms with Crippen LogP contribution in [-0.2, 0) is 14.3 Å². The van der Waals surface area contributed by atoms with Gasteiger partial charge >= 0.3 is 0 Å². The van der Waals surface area contributed by atoms with Crippen molar-refractivity contribution in [1.29, 1.82) is 0 Å². The highest BCUT2D eigenvalue weighted by atomic mass is 35.5. The third kappa shape index (κ3) is 6.41. The van der Waals surface area contributed by atoms with Crippen LogP contribution >= 0.6 is 11.6 Å². The quantitative estimate of drug-likeness (QED) is 0.497. The van der Waals surface area contributed by atoms with E-state index in [0.717, 1.165) is 24.2 Å². The van der Waals surface area contributed by atoms with Crippen LogP contribution in [-0.4, -0.2) is 92.5 Å². The maximum Gasteiger partial charge on any atom is 0.262 e. The van der Waals surface area contributed by atoms with Crippen molar-refractivity contribution < 1.29 is 23.8 Å². The second-order valence-electron chi connectivity index (χ2n) is 8.99. The minimum atomic E-state index is -0.447. The van der Waals surface area contributed by atoms with Crippen molar-refractivity contribution in [2.24, 2.45) is 5.10 Å². The van der Waals surface area contributed by atoms with Crippen LogP contribution in [0, 0.1) is 0 Å². The van der Waals surface area contributed by atoms with Gasteiger partial charge in [-0.05, 0) is 24.3 Å². The van der Waals surface area contributed by atoms with Crippen LogP contribution in [0.2, 0.25) is 5.02 Å². The van der Waals surface area contributed by atoms with Gasteiger partial charge in [0.1, 0.15) is 18.0 Å². The molecular formula is C27H33ClN4O5. The Morgan fingerprint density at radius 3 is 2.57 bits per heavy atom. The second-order valence-corrected chi connectivity index (χ2v) is 9.39. The first-order chi connectivity index (χ1) is 17.9. The number of morpholine rings is 1. The molecule has 0 spiro atoms. The molecule has 2 aromatic carbocycles. The molecule has 0 aliphatic carbocycles. The molecule has 198 valence electrons. The number of hydrazone groups is 1. The number of rotatable bonds is 9. The Hall–Kier alpha value is -3.14. The van der Waals surface area contributed by atoms with E-state index < -0.39 is 6.04 Å². The third-order valence-corrected chi connectivity index (χ3v) is 7.04. The van der Waals surface area contributed by atoms with Crippen molar-refractivity contribution in [3.63, 3.8) is 0 Å². The van der Waals surface area contributed by atoms with E-state index in [4.69, 9.17) is 30.9 Å². The lowest BCUT2D eigenvalue weighted by Crippen LogP contribution is -2.46. The number of methoxy groups -OCH3 is 2. The topological polar surface area (TPSA) is 83.9 Å². The fourth-order valence-corrected chi connectivity index (χ4v) is 4.86. The highest BCUT2D eigenvalue weighted by Crippen LogP contribution is 2.40. The number of carbonyl (C=O) groups is 2. The van der Waals surface area contributed by atoms with Crippen LogP contribution in [0.5, 0.6) is 11.5 Å². The summed E-state index contributed by atoms with van der Waals surface area (Å²) in [7, 11) is 3.18. The Morgan fingerprint density at radius 2 is 1.89 bits per heavy atom. The van der Waals surface area contributed by atoms with Gasteiger partial charge in [0.2, 0.25) is 5.91 Å². The molecule has 2 amide bonds. The zero-order valence-electron chi connectivity index (χ0n) is 21.5. The molecule has 0 bridgehead atoms. The smallest absolute Gasteiger partial charge is 0.262 e. The highest BCUT2D eigenvalue weighted by Gasteiger charge is 2.36. The van der Waals surface area contributed by atoms with E-state index in [1.54, 1.807) is 25.2 Å². The number of halogens is 1. The Morgan fingerprint density at radius 1 is 1.14 bits per heavy atom. The van der Waals surface area contributed by atoms with Gasteiger partial charge in [0, 0.05) is 55.7 Å². The lowest BCUT2D eigenvalue weighted by molar-refractivity contribution is -0.140. The molecule has 0 N–H and O–H groups in total. The van der Waals surface area contributed by atoms with Crippen molar-refractivity contribution in [3.05, 3.63) is 58.6 Å². The third-order valence-electron chi connectivity index (χ3n) is 6.71. The number of amides is 2. The minimum absolute atomic E-state index is 0.0816. The van der Waals surface area contributed by atoms with Gasteiger partial charge in [-0.3, -0.25) is 14.5 Å². The molecule has 0 aromatic heterocycles. The molecule has 2 heterocycles. The molecule has 1 unspecified atom stereocenters. The summed E-state index contributed by atoms with van der Waals surface area (Å²) in [6, 6.07) is 12.5. The van der Waals surface area contributed by atoms with Crippen molar-refractivity contribution in [3.8, 4) is 11.5 Å². The van der Waals surface area contributed by atoms with Crippen molar-refractivity contribution in [2.45, 2.75) is 19.4 Å². The number of hydrogen-bond donors (Lipinski definition) is 0. The number of nitrogens with zero attached hydrogens (tertiary/aromatic N) is 4. The van der Waals surface area contributed by atoms with Crippen LogP contribution in [0.4, 0.5) is 0 Å². The van der Waals surface area contributed by atoms with E-state index >= 15 is 0 Å². The summed E-state index contributed by atoms with van der Waals surface area (Å²) in [6.45, 7) is 5.51. The molecule has 2 aromatic rings. The van der Waals surface area contributed by atoms with Crippen molar-refractivity contribution in [1.82, 2.24) is 14.8 Å². The minimum Gasteiger partial charge on any atom is -0.497 e. The molecule has 1 fully saturated rings. The van der Waals surface area contributed by atoms with Gasteiger partial charge in [-0.15, -0.1) is 0 Å². The number of benzene rings is 2. The normalized spacial score (nSPS) is 17.9. The van der Waals surface area contributed by atoms with Crippen molar-refractivity contribution in [2.75, 3.05) is 60.2 Å². The highest BCUT2D eigenvalue weighted by molar-refractivity contribution is 6.34. The van der Waals surface area contributed by atoms with Gasteiger partial charge in [-0.2, -0.15) is 5.10 Å². The summed E-state index contributed by atoms with van der Waals surface area (Å²) in [4.78, 5) is 30.0. The zero-order chi connectivity index (χ0) is 26.4. The fourth-order valence-electron chi connectivity index (χ4n) is 4.61. The van der Waals surface area contributed by atoms with Crippen LogP contribution < -0.4 is 9.47 Å². The maximum absolute atomic E-state index is 13.7. The van der Waals surface area contributed by atoms with E-state index in [0.29, 0.717) is 55.0 Å². The van der Waals surface area contributed by atoms with Gasteiger partial charge in [0.25, 0.3) is 5.91 Å². The van der Waals surface area contributed by atoms with E-state index in [2.05, 4.69) is 4.90 Å². The first kappa shape index (κ1) is 26.9. The van der Waals surface area contributed by atoms with Gasteiger partial charge in [-0.25, -0.2) is 5.01 Å². The lowest BCUT2D eigenvalue weighted by atomic mass is 9.97. The predicted octanol–water partition coefficient (Wildman–Crippen LogP) is 3.22. The average molecular weight is 529 g/mol. The zero-order valence-corrected chi connectivity index (χ0v) is 22.2. The van der Waals surface area contributed by atoms with Gasteiger partial charge in [0.15, 0.2) is 0 Å². The average Bonchev–Trinajstić information content (AvgIpc) is 3.36. The Kier molecular flexibility index (Phi) is 9.02. The molecule has 9 nitrogen and oxygen atoms in total. The molecular weight excluding hydrogens is 496 g/mol. The first-order valence-electron chi connectivity index (χ1n) is 12.3. The molecule has 2 aliphatic heterocycles. The summed E-state index contributed by atoms with van der Waals surface area (Å²) in [5.41, 5.74) is 2.22. The SMILES string of the molecule is COc1ccc(OC)c(C2CC(c3ccccc3Cl)=NN2C(=O)CN(CCN2CCOCC2)C(C)=O)c1. The predicted molar refractivity (Wildman–Crippen MR) is 141 cm³/mol. The van der Waals surface area contributed by atoms with Crippen LogP contribution in [0.25, 0.3) is 0 Å². The first-order valence-corrected chi connectivity index (χ1v) is 12.7. The van der Waals surface area contributed by atoms with Crippen LogP contribution in [0.1, 0.15) is 30.5 Å². The summed E-state index contributed by atoms with van der Waals surface area (Å²) in [6.07, 6.45) is 0.437. The Balaban J connectivity index is 1.61. The molecule has 2 aliphatic rings. The molecule has 0 radical (unpaired) electrons. The van der Waals surface area contributed by atoms with E-state index in [1.165, 1.54) is 11.9 Å². The monoisotopic (exact) mass is 528 g/mol. The molecule has 10 heteroatoms. The van der Waals surface area contributed by atoms with E-state index in [-0.39, 0.29) is 18.4 Å². The van der Waals surface area contributed by atoms with Gasteiger partial charge < -0.3 is 19.1 Å². The number of ether oxygens (including phenoxy) is 3. The second kappa shape index (κ2) is 12.4. The molecule has 4 rings (SSSR count). The number of carbonyl (C=O) groups excluding carboxylic acids is 2. The molecule has 0 saturated carbocycles. The van der Waals surface area contributed by atoms with Crippen molar-refractivity contribution >= 4 is 29.1 Å². The summed E-state index contributed by atoms with van der Waals surface area (Å²) in [5.74, 6) is 0.820. The fraction of sp³-hybridized carbons (Fsp3) is 0.444. The van der Waals surface area contributed by atoms with E-state index in [1.807, 2.05) is 36.4 Å². The Labute approximate surface area is 222 Å². The Bertz CT molecular complexity index is 1150. The maximum atomic E-state index is 13.7.